The molecule has 1 unspecified atom stereocenters. The van der Waals surface area contributed by atoms with E-state index in [-0.39, 0.29) is 17.5 Å². The number of halogens is 2. The van der Waals surface area contributed by atoms with Gasteiger partial charge in [0.05, 0.1) is 28.9 Å². The standard InChI is InChI=1S/C13H15F2N3O2S/c14-10-5-12-13(6-11(10)15)18(8-17-12)3-2-16-9-1-4-21(19,20)7-9/h5-6,8-9,16H,1-4,7H2. The quantitative estimate of drug-likeness (QED) is 0.917. The van der Waals surface area contributed by atoms with Crippen molar-refractivity contribution >= 4 is 20.9 Å². The van der Waals surface area contributed by atoms with Gasteiger partial charge in [0.25, 0.3) is 0 Å². The summed E-state index contributed by atoms with van der Waals surface area (Å²) in [7, 11) is -2.90. The molecule has 0 radical (unpaired) electrons. The summed E-state index contributed by atoms with van der Waals surface area (Å²) in [6, 6.07) is 2.16. The number of aromatic nitrogens is 2. The van der Waals surface area contributed by atoms with E-state index >= 15 is 0 Å². The molecule has 1 aromatic heterocycles. The molecule has 114 valence electrons. The summed E-state index contributed by atoms with van der Waals surface area (Å²) in [5.41, 5.74) is 0.923. The fourth-order valence-electron chi connectivity index (χ4n) is 2.58. The van der Waals surface area contributed by atoms with Crippen LogP contribution in [0.1, 0.15) is 6.42 Å². The highest BCUT2D eigenvalue weighted by Gasteiger charge is 2.27. The molecule has 1 N–H and O–H groups in total. The van der Waals surface area contributed by atoms with Crippen LogP contribution in [0.25, 0.3) is 11.0 Å². The number of benzene rings is 1. The van der Waals surface area contributed by atoms with Crippen LogP contribution < -0.4 is 5.32 Å². The highest BCUT2D eigenvalue weighted by Crippen LogP contribution is 2.17. The minimum atomic E-state index is -2.90. The Morgan fingerprint density at radius 2 is 2.10 bits per heavy atom. The second-order valence-electron chi connectivity index (χ2n) is 5.25. The van der Waals surface area contributed by atoms with Crippen LogP contribution in [0.3, 0.4) is 0 Å². The van der Waals surface area contributed by atoms with Gasteiger partial charge in [-0.25, -0.2) is 22.2 Å². The van der Waals surface area contributed by atoms with Gasteiger partial charge >= 0.3 is 0 Å². The Bertz CT molecular complexity index is 773. The Morgan fingerprint density at radius 3 is 2.81 bits per heavy atom. The molecular formula is C13H15F2N3O2S. The highest BCUT2D eigenvalue weighted by atomic mass is 32.2. The van der Waals surface area contributed by atoms with Crippen molar-refractivity contribution in [3.05, 3.63) is 30.1 Å². The lowest BCUT2D eigenvalue weighted by atomic mass is 10.2. The summed E-state index contributed by atoms with van der Waals surface area (Å²) in [4.78, 5) is 4.03. The molecular weight excluding hydrogens is 300 g/mol. The van der Waals surface area contributed by atoms with E-state index in [2.05, 4.69) is 10.3 Å². The van der Waals surface area contributed by atoms with Crippen LogP contribution in [-0.2, 0) is 16.4 Å². The summed E-state index contributed by atoms with van der Waals surface area (Å²) in [5.74, 6) is -1.43. The molecule has 0 spiro atoms. The van der Waals surface area contributed by atoms with Crippen LogP contribution in [0.5, 0.6) is 0 Å². The second kappa shape index (κ2) is 5.34. The summed E-state index contributed by atoms with van der Waals surface area (Å²) >= 11 is 0. The monoisotopic (exact) mass is 315 g/mol. The highest BCUT2D eigenvalue weighted by molar-refractivity contribution is 7.91. The second-order valence-corrected chi connectivity index (χ2v) is 7.48. The van der Waals surface area contributed by atoms with E-state index in [1.165, 1.54) is 6.33 Å². The molecule has 0 amide bonds. The van der Waals surface area contributed by atoms with Crippen molar-refractivity contribution in [3.63, 3.8) is 0 Å². The van der Waals surface area contributed by atoms with Crippen molar-refractivity contribution < 1.29 is 17.2 Å². The molecule has 0 aliphatic carbocycles. The number of nitrogens with zero attached hydrogens (tertiary/aromatic N) is 2. The molecule has 1 aromatic carbocycles. The van der Waals surface area contributed by atoms with Crippen LogP contribution in [0, 0.1) is 11.6 Å². The minimum absolute atomic E-state index is 0.0287. The van der Waals surface area contributed by atoms with E-state index in [0.29, 0.717) is 30.5 Å². The van der Waals surface area contributed by atoms with E-state index in [9.17, 15) is 17.2 Å². The minimum Gasteiger partial charge on any atom is -0.329 e. The lowest BCUT2D eigenvalue weighted by Gasteiger charge is -2.11. The smallest absolute Gasteiger partial charge is 0.161 e. The Morgan fingerprint density at radius 1 is 1.33 bits per heavy atom. The zero-order valence-electron chi connectivity index (χ0n) is 11.2. The van der Waals surface area contributed by atoms with Crippen molar-refractivity contribution in [1.29, 1.82) is 0 Å². The van der Waals surface area contributed by atoms with Gasteiger partial charge in [-0.1, -0.05) is 0 Å². The lowest BCUT2D eigenvalue weighted by Crippen LogP contribution is -2.32. The van der Waals surface area contributed by atoms with Crippen molar-refractivity contribution in [2.45, 2.75) is 19.0 Å². The molecule has 3 rings (SSSR count). The van der Waals surface area contributed by atoms with Crippen molar-refractivity contribution in [1.82, 2.24) is 14.9 Å². The molecule has 0 bridgehead atoms. The molecule has 2 heterocycles. The normalized spacial score (nSPS) is 21.1. The molecule has 5 nitrogen and oxygen atoms in total. The van der Waals surface area contributed by atoms with Crippen LogP contribution in [0.4, 0.5) is 8.78 Å². The maximum absolute atomic E-state index is 13.3. The first-order valence-electron chi connectivity index (χ1n) is 6.68. The summed E-state index contributed by atoms with van der Waals surface area (Å²) in [6.07, 6.45) is 2.14. The topological polar surface area (TPSA) is 64.0 Å². The van der Waals surface area contributed by atoms with E-state index < -0.39 is 21.5 Å². The SMILES string of the molecule is O=S1(=O)CCC(NCCn2cnc3cc(F)c(F)cc32)C1. The van der Waals surface area contributed by atoms with Crippen LogP contribution in [0.15, 0.2) is 18.5 Å². The maximum Gasteiger partial charge on any atom is 0.161 e. The lowest BCUT2D eigenvalue weighted by molar-refractivity contribution is 0.508. The van der Waals surface area contributed by atoms with Gasteiger partial charge in [-0.15, -0.1) is 0 Å². The van der Waals surface area contributed by atoms with Gasteiger partial charge in [-0.05, 0) is 6.42 Å². The third-order valence-corrected chi connectivity index (χ3v) is 5.45. The van der Waals surface area contributed by atoms with E-state index in [0.717, 1.165) is 12.1 Å². The predicted molar refractivity (Wildman–Crippen MR) is 74.7 cm³/mol. The summed E-state index contributed by atoms with van der Waals surface area (Å²) in [5, 5.41) is 3.17. The summed E-state index contributed by atoms with van der Waals surface area (Å²) < 4.78 is 50.8. The average Bonchev–Trinajstić information content (AvgIpc) is 2.95. The zero-order valence-corrected chi connectivity index (χ0v) is 12.0. The molecule has 1 aliphatic heterocycles. The largest absolute Gasteiger partial charge is 0.329 e. The van der Waals surface area contributed by atoms with Crippen LogP contribution in [-0.4, -0.2) is 42.1 Å². The first kappa shape index (κ1) is 14.4. The Labute approximate surface area is 120 Å². The Hall–Kier alpha value is -1.54. The van der Waals surface area contributed by atoms with Crippen molar-refractivity contribution in [2.24, 2.45) is 0 Å². The van der Waals surface area contributed by atoms with Crippen LogP contribution >= 0.6 is 0 Å². The summed E-state index contributed by atoms with van der Waals surface area (Å²) in [6.45, 7) is 1.06. The van der Waals surface area contributed by atoms with E-state index in [1.807, 2.05) is 0 Å². The number of hydrogen-bond acceptors (Lipinski definition) is 4. The number of nitrogens with one attached hydrogen (secondary N) is 1. The van der Waals surface area contributed by atoms with Gasteiger partial charge in [0.2, 0.25) is 0 Å². The van der Waals surface area contributed by atoms with Gasteiger partial charge in [-0.2, -0.15) is 0 Å². The maximum atomic E-state index is 13.3. The number of rotatable bonds is 4. The molecule has 21 heavy (non-hydrogen) atoms. The number of fused-ring (bicyclic) bond motifs is 1. The first-order valence-corrected chi connectivity index (χ1v) is 8.50. The third kappa shape index (κ3) is 3.06. The molecule has 8 heteroatoms. The van der Waals surface area contributed by atoms with Crippen molar-refractivity contribution in [2.75, 3.05) is 18.1 Å². The first-order chi connectivity index (χ1) is 9.94. The number of sulfone groups is 1. The molecule has 0 saturated carbocycles. The van der Waals surface area contributed by atoms with E-state index in [1.54, 1.807) is 4.57 Å². The molecule has 1 atom stereocenters. The predicted octanol–water partition coefficient (Wildman–Crippen LogP) is 1.09. The fourth-order valence-corrected chi connectivity index (χ4v) is 4.28. The van der Waals surface area contributed by atoms with Gasteiger partial charge in [0, 0.05) is 31.3 Å². The fraction of sp³-hybridized carbons (Fsp3) is 0.462. The average molecular weight is 315 g/mol. The zero-order chi connectivity index (χ0) is 15.0. The number of imidazole rings is 1. The molecule has 2 aromatic rings. The van der Waals surface area contributed by atoms with Gasteiger partial charge < -0.3 is 9.88 Å². The van der Waals surface area contributed by atoms with Gasteiger partial charge in [0.1, 0.15) is 0 Å². The Kier molecular flexibility index (Phi) is 3.66. The third-order valence-electron chi connectivity index (χ3n) is 3.68. The van der Waals surface area contributed by atoms with Gasteiger partial charge in [-0.3, -0.25) is 0 Å². The number of hydrogen-bond donors (Lipinski definition) is 1. The van der Waals surface area contributed by atoms with E-state index in [4.69, 9.17) is 0 Å². The molecule has 1 saturated heterocycles. The molecule has 1 aliphatic rings. The van der Waals surface area contributed by atoms with Gasteiger partial charge in [0.15, 0.2) is 21.5 Å². The molecule has 1 fully saturated rings. The van der Waals surface area contributed by atoms with Crippen LogP contribution in [0.2, 0.25) is 0 Å². The Balaban J connectivity index is 1.65. The van der Waals surface area contributed by atoms with Crippen molar-refractivity contribution in [3.8, 4) is 0 Å².